The molecule has 0 spiro atoms. The minimum absolute atomic E-state index is 0.250. The van der Waals surface area contributed by atoms with Gasteiger partial charge in [-0.1, -0.05) is 0 Å². The molecule has 2 aromatic heterocycles. The SMILES string of the molecule is Cc1cncc(C2CCCN2c2ncccn2)n1. The first-order valence-electron chi connectivity index (χ1n) is 6.17. The van der Waals surface area contributed by atoms with Crippen molar-refractivity contribution in [2.24, 2.45) is 0 Å². The summed E-state index contributed by atoms with van der Waals surface area (Å²) < 4.78 is 0. The lowest BCUT2D eigenvalue weighted by Crippen LogP contribution is -2.25. The number of anilines is 1. The summed E-state index contributed by atoms with van der Waals surface area (Å²) in [5.74, 6) is 0.781. The standard InChI is InChI=1S/C13H15N5/c1-10-8-14-9-11(17-10)12-4-2-7-18(12)13-15-5-3-6-16-13/h3,5-6,8-9,12H,2,4,7H2,1H3. The van der Waals surface area contributed by atoms with Crippen molar-refractivity contribution in [3.8, 4) is 0 Å². The fourth-order valence-electron chi connectivity index (χ4n) is 2.40. The molecule has 0 aromatic carbocycles. The van der Waals surface area contributed by atoms with Crippen LogP contribution in [-0.4, -0.2) is 26.5 Å². The molecule has 0 radical (unpaired) electrons. The molecule has 0 amide bonds. The highest BCUT2D eigenvalue weighted by molar-refractivity contribution is 5.35. The van der Waals surface area contributed by atoms with Crippen molar-refractivity contribution in [1.29, 1.82) is 0 Å². The highest BCUT2D eigenvalue weighted by atomic mass is 15.3. The molecule has 1 fully saturated rings. The van der Waals surface area contributed by atoms with E-state index in [1.165, 1.54) is 0 Å². The predicted molar refractivity (Wildman–Crippen MR) is 68.1 cm³/mol. The molecule has 0 bridgehead atoms. The monoisotopic (exact) mass is 241 g/mol. The maximum absolute atomic E-state index is 4.57. The average Bonchev–Trinajstić information content (AvgIpc) is 2.89. The molecule has 0 aliphatic carbocycles. The van der Waals surface area contributed by atoms with E-state index in [0.29, 0.717) is 0 Å². The molecule has 3 heterocycles. The van der Waals surface area contributed by atoms with Gasteiger partial charge < -0.3 is 4.90 Å². The van der Waals surface area contributed by atoms with Crippen LogP contribution in [0.2, 0.25) is 0 Å². The average molecular weight is 241 g/mol. The Kier molecular flexibility index (Phi) is 2.88. The van der Waals surface area contributed by atoms with Crippen molar-refractivity contribution >= 4 is 5.95 Å². The van der Waals surface area contributed by atoms with Crippen molar-refractivity contribution in [3.63, 3.8) is 0 Å². The minimum Gasteiger partial charge on any atom is -0.332 e. The Morgan fingerprint density at radius 3 is 2.83 bits per heavy atom. The van der Waals surface area contributed by atoms with Crippen molar-refractivity contribution < 1.29 is 0 Å². The first kappa shape index (κ1) is 11.1. The van der Waals surface area contributed by atoms with Gasteiger partial charge >= 0.3 is 0 Å². The summed E-state index contributed by atoms with van der Waals surface area (Å²) in [4.78, 5) is 19.7. The van der Waals surface area contributed by atoms with Crippen molar-refractivity contribution in [2.75, 3.05) is 11.4 Å². The Morgan fingerprint density at radius 1 is 1.22 bits per heavy atom. The molecular weight excluding hydrogens is 226 g/mol. The molecule has 0 saturated carbocycles. The number of rotatable bonds is 2. The lowest BCUT2D eigenvalue weighted by Gasteiger charge is -2.23. The summed E-state index contributed by atoms with van der Waals surface area (Å²) in [7, 11) is 0. The molecule has 1 aliphatic heterocycles. The Morgan fingerprint density at radius 2 is 2.06 bits per heavy atom. The second kappa shape index (κ2) is 4.68. The second-order valence-electron chi connectivity index (χ2n) is 4.49. The molecule has 0 N–H and O–H groups in total. The van der Waals surface area contributed by atoms with E-state index in [1.807, 2.05) is 19.2 Å². The van der Waals surface area contributed by atoms with Gasteiger partial charge in [-0.15, -0.1) is 0 Å². The minimum atomic E-state index is 0.250. The molecule has 1 saturated heterocycles. The summed E-state index contributed by atoms with van der Waals surface area (Å²) in [5.41, 5.74) is 1.97. The van der Waals surface area contributed by atoms with Crippen LogP contribution in [-0.2, 0) is 0 Å². The van der Waals surface area contributed by atoms with Crippen molar-refractivity contribution in [1.82, 2.24) is 19.9 Å². The van der Waals surface area contributed by atoms with Crippen LogP contribution in [0.15, 0.2) is 30.9 Å². The van der Waals surface area contributed by atoms with E-state index in [2.05, 4.69) is 24.8 Å². The zero-order valence-electron chi connectivity index (χ0n) is 10.3. The van der Waals surface area contributed by atoms with E-state index in [0.717, 1.165) is 36.7 Å². The van der Waals surface area contributed by atoms with E-state index < -0.39 is 0 Å². The van der Waals surface area contributed by atoms with Gasteiger partial charge in [-0.25, -0.2) is 9.97 Å². The van der Waals surface area contributed by atoms with Gasteiger partial charge in [-0.3, -0.25) is 9.97 Å². The Hall–Kier alpha value is -2.04. The van der Waals surface area contributed by atoms with Gasteiger partial charge in [0.25, 0.3) is 0 Å². The van der Waals surface area contributed by atoms with Crippen LogP contribution in [0.5, 0.6) is 0 Å². The molecule has 92 valence electrons. The Bertz CT molecular complexity index is 528. The zero-order chi connectivity index (χ0) is 12.4. The van der Waals surface area contributed by atoms with Crippen LogP contribution in [0.1, 0.15) is 30.3 Å². The van der Waals surface area contributed by atoms with Crippen molar-refractivity contribution in [2.45, 2.75) is 25.8 Å². The van der Waals surface area contributed by atoms with Gasteiger partial charge in [-0.05, 0) is 25.8 Å². The maximum atomic E-state index is 4.57. The number of aromatic nitrogens is 4. The molecular formula is C13H15N5. The summed E-state index contributed by atoms with van der Waals surface area (Å²) in [6, 6.07) is 2.08. The third-order valence-corrected chi connectivity index (χ3v) is 3.18. The van der Waals surface area contributed by atoms with E-state index in [-0.39, 0.29) is 6.04 Å². The van der Waals surface area contributed by atoms with E-state index >= 15 is 0 Å². The van der Waals surface area contributed by atoms with E-state index in [9.17, 15) is 0 Å². The van der Waals surface area contributed by atoms with Gasteiger partial charge in [0, 0.05) is 25.1 Å². The number of nitrogens with zero attached hydrogens (tertiary/aromatic N) is 5. The van der Waals surface area contributed by atoms with Gasteiger partial charge in [-0.2, -0.15) is 0 Å². The van der Waals surface area contributed by atoms with E-state index in [1.54, 1.807) is 18.6 Å². The lowest BCUT2D eigenvalue weighted by atomic mass is 10.1. The van der Waals surface area contributed by atoms with Crippen molar-refractivity contribution in [3.05, 3.63) is 42.2 Å². The van der Waals surface area contributed by atoms with E-state index in [4.69, 9.17) is 0 Å². The fraction of sp³-hybridized carbons (Fsp3) is 0.385. The van der Waals surface area contributed by atoms with Gasteiger partial charge in [0.2, 0.25) is 5.95 Å². The quantitative estimate of drug-likeness (QED) is 0.804. The topological polar surface area (TPSA) is 54.8 Å². The first-order valence-corrected chi connectivity index (χ1v) is 6.17. The highest BCUT2D eigenvalue weighted by Crippen LogP contribution is 2.32. The van der Waals surface area contributed by atoms with Crippen LogP contribution in [0, 0.1) is 6.92 Å². The summed E-state index contributed by atoms with van der Waals surface area (Å²) in [6.45, 7) is 2.94. The Balaban J connectivity index is 1.92. The third kappa shape index (κ3) is 2.03. The normalized spacial score (nSPS) is 19.2. The highest BCUT2D eigenvalue weighted by Gasteiger charge is 2.29. The predicted octanol–water partition coefficient (Wildman–Crippen LogP) is 1.92. The number of aryl methyl sites for hydroxylation is 1. The van der Waals surface area contributed by atoms with Crippen LogP contribution in [0.3, 0.4) is 0 Å². The first-order chi connectivity index (χ1) is 8.84. The van der Waals surface area contributed by atoms with Crippen LogP contribution >= 0.6 is 0 Å². The molecule has 1 atom stereocenters. The number of hydrogen-bond acceptors (Lipinski definition) is 5. The third-order valence-electron chi connectivity index (χ3n) is 3.18. The molecule has 5 heteroatoms. The molecule has 1 aliphatic rings. The number of hydrogen-bond donors (Lipinski definition) is 0. The second-order valence-corrected chi connectivity index (χ2v) is 4.49. The maximum Gasteiger partial charge on any atom is 0.225 e. The molecule has 1 unspecified atom stereocenters. The lowest BCUT2D eigenvalue weighted by molar-refractivity contribution is 0.672. The molecule has 18 heavy (non-hydrogen) atoms. The largest absolute Gasteiger partial charge is 0.332 e. The zero-order valence-corrected chi connectivity index (χ0v) is 10.3. The van der Waals surface area contributed by atoms with Crippen LogP contribution in [0.25, 0.3) is 0 Å². The smallest absolute Gasteiger partial charge is 0.225 e. The Labute approximate surface area is 106 Å². The molecule has 5 nitrogen and oxygen atoms in total. The molecule has 3 rings (SSSR count). The summed E-state index contributed by atoms with van der Waals surface area (Å²) in [6.07, 6.45) is 9.40. The van der Waals surface area contributed by atoms with Crippen LogP contribution in [0.4, 0.5) is 5.95 Å². The fourth-order valence-corrected chi connectivity index (χ4v) is 2.40. The summed E-state index contributed by atoms with van der Waals surface area (Å²) >= 11 is 0. The van der Waals surface area contributed by atoms with Gasteiger partial charge in [0.05, 0.1) is 23.6 Å². The summed E-state index contributed by atoms with van der Waals surface area (Å²) in [5, 5.41) is 0. The van der Waals surface area contributed by atoms with Gasteiger partial charge in [0.15, 0.2) is 0 Å². The van der Waals surface area contributed by atoms with Gasteiger partial charge in [0.1, 0.15) is 0 Å². The molecule has 2 aromatic rings. The van der Waals surface area contributed by atoms with Crippen LogP contribution < -0.4 is 4.90 Å².